The van der Waals surface area contributed by atoms with Gasteiger partial charge in [-0.2, -0.15) is 0 Å². The third-order valence-corrected chi connectivity index (χ3v) is 1.96. The summed E-state index contributed by atoms with van der Waals surface area (Å²) in [5.41, 5.74) is 0.388. The summed E-state index contributed by atoms with van der Waals surface area (Å²) in [6.45, 7) is 1.66. The van der Waals surface area contributed by atoms with E-state index in [9.17, 15) is 9.18 Å². The molecular weight excluding hydrogens is 203 g/mol. The van der Waals surface area contributed by atoms with Crippen molar-refractivity contribution in [2.75, 3.05) is 0 Å². The fraction of sp³-hybridized carbons (Fsp3) is 0.182. The summed E-state index contributed by atoms with van der Waals surface area (Å²) >= 11 is 5.53. The second kappa shape index (κ2) is 4.78. The predicted octanol–water partition coefficient (Wildman–Crippen LogP) is 3.08. The molecule has 0 aliphatic carbocycles. The van der Waals surface area contributed by atoms with Crippen molar-refractivity contribution in [1.29, 1.82) is 0 Å². The molecule has 3 heteroatoms. The van der Waals surface area contributed by atoms with Gasteiger partial charge < -0.3 is 0 Å². The Balaban J connectivity index is 2.89. The summed E-state index contributed by atoms with van der Waals surface area (Å²) in [4.78, 5) is 11.4. The first-order valence-corrected chi connectivity index (χ1v) is 4.41. The van der Waals surface area contributed by atoms with Crippen LogP contribution in [0.5, 0.6) is 0 Å². The molecule has 0 spiro atoms. The zero-order chi connectivity index (χ0) is 10.6. The van der Waals surface area contributed by atoms with Crippen LogP contribution in [-0.4, -0.2) is 5.78 Å². The van der Waals surface area contributed by atoms with Gasteiger partial charge in [-0.15, -0.1) is 5.92 Å². The molecule has 0 heterocycles. The van der Waals surface area contributed by atoms with Crippen LogP contribution in [0.15, 0.2) is 18.2 Å². The number of hydrogen-bond acceptors (Lipinski definition) is 1. The van der Waals surface area contributed by atoms with E-state index in [-0.39, 0.29) is 17.2 Å². The van der Waals surface area contributed by atoms with Crippen molar-refractivity contribution in [2.24, 2.45) is 0 Å². The monoisotopic (exact) mass is 210 g/mol. The number of ketones is 1. The zero-order valence-electron chi connectivity index (χ0n) is 7.60. The summed E-state index contributed by atoms with van der Waals surface area (Å²) in [6, 6.07) is 3.90. The highest BCUT2D eigenvalue weighted by molar-refractivity contribution is 6.31. The molecule has 1 nitrogen and oxygen atoms in total. The van der Waals surface area contributed by atoms with Crippen LogP contribution in [0.4, 0.5) is 4.39 Å². The van der Waals surface area contributed by atoms with Crippen LogP contribution in [0.1, 0.15) is 23.7 Å². The molecule has 0 aliphatic heterocycles. The van der Waals surface area contributed by atoms with Gasteiger partial charge in [0.15, 0.2) is 5.78 Å². The van der Waals surface area contributed by atoms with Crippen molar-refractivity contribution >= 4 is 17.4 Å². The van der Waals surface area contributed by atoms with Gasteiger partial charge in [0.2, 0.25) is 0 Å². The third kappa shape index (κ3) is 2.58. The van der Waals surface area contributed by atoms with Gasteiger partial charge in [0.05, 0.1) is 11.4 Å². The molecular formula is C11H8ClFO. The molecule has 0 saturated carbocycles. The predicted molar refractivity (Wildman–Crippen MR) is 53.8 cm³/mol. The largest absolute Gasteiger partial charge is 0.293 e. The van der Waals surface area contributed by atoms with Crippen molar-refractivity contribution in [3.8, 4) is 11.8 Å². The molecule has 0 amide bonds. The van der Waals surface area contributed by atoms with Crippen LogP contribution in [0.25, 0.3) is 0 Å². The van der Waals surface area contributed by atoms with Crippen molar-refractivity contribution in [1.82, 2.24) is 0 Å². The summed E-state index contributed by atoms with van der Waals surface area (Å²) in [5.74, 6) is 4.59. The fourth-order valence-corrected chi connectivity index (χ4v) is 1.12. The minimum Gasteiger partial charge on any atom is -0.293 e. The smallest absolute Gasteiger partial charge is 0.174 e. The van der Waals surface area contributed by atoms with Crippen LogP contribution in [0, 0.1) is 17.7 Å². The first kappa shape index (κ1) is 10.7. The van der Waals surface area contributed by atoms with E-state index in [2.05, 4.69) is 11.8 Å². The molecule has 1 aromatic carbocycles. The lowest BCUT2D eigenvalue weighted by molar-refractivity contribution is 0.0998. The molecule has 72 valence electrons. The first-order valence-electron chi connectivity index (χ1n) is 4.03. The number of benzene rings is 1. The minimum atomic E-state index is -0.523. The SMILES string of the molecule is CC#CCC(=O)c1ccc(F)c(Cl)c1. The van der Waals surface area contributed by atoms with Crippen LogP contribution in [-0.2, 0) is 0 Å². The molecule has 0 fully saturated rings. The van der Waals surface area contributed by atoms with E-state index in [0.29, 0.717) is 5.56 Å². The molecule has 0 aromatic heterocycles. The quantitative estimate of drug-likeness (QED) is 0.542. The summed E-state index contributed by atoms with van der Waals surface area (Å²) in [5, 5.41) is -0.0414. The summed E-state index contributed by atoms with van der Waals surface area (Å²) in [7, 11) is 0. The van der Waals surface area contributed by atoms with Gasteiger partial charge in [-0.1, -0.05) is 17.5 Å². The van der Waals surface area contributed by atoms with E-state index in [4.69, 9.17) is 11.6 Å². The molecule has 0 bridgehead atoms. The van der Waals surface area contributed by atoms with Gasteiger partial charge in [-0.05, 0) is 25.1 Å². The van der Waals surface area contributed by atoms with Crippen LogP contribution in [0.2, 0.25) is 5.02 Å². The average molecular weight is 211 g/mol. The lowest BCUT2D eigenvalue weighted by Gasteiger charge is -1.98. The van der Waals surface area contributed by atoms with E-state index >= 15 is 0 Å². The Hall–Kier alpha value is -1.33. The number of hydrogen-bond donors (Lipinski definition) is 0. The van der Waals surface area contributed by atoms with E-state index < -0.39 is 5.82 Å². The Bertz CT molecular complexity index is 415. The Labute approximate surface area is 86.9 Å². The third-order valence-electron chi connectivity index (χ3n) is 1.67. The first-order chi connectivity index (χ1) is 6.65. The Morgan fingerprint density at radius 2 is 2.29 bits per heavy atom. The van der Waals surface area contributed by atoms with Crippen LogP contribution < -0.4 is 0 Å². The Morgan fingerprint density at radius 3 is 2.86 bits per heavy atom. The van der Waals surface area contributed by atoms with E-state index in [0.717, 1.165) is 0 Å². The van der Waals surface area contributed by atoms with Crippen LogP contribution in [0.3, 0.4) is 0 Å². The Kier molecular flexibility index (Phi) is 3.67. The van der Waals surface area contributed by atoms with Crippen molar-refractivity contribution in [3.63, 3.8) is 0 Å². The molecule has 0 unspecified atom stereocenters. The number of halogens is 2. The normalized spacial score (nSPS) is 9.07. The second-order valence-electron chi connectivity index (χ2n) is 2.66. The molecule has 0 saturated heterocycles. The maximum absolute atomic E-state index is 12.7. The Morgan fingerprint density at radius 1 is 1.57 bits per heavy atom. The van der Waals surface area contributed by atoms with Gasteiger partial charge in [0, 0.05) is 5.56 Å². The van der Waals surface area contributed by atoms with E-state index in [1.54, 1.807) is 6.92 Å². The molecule has 0 N–H and O–H groups in total. The molecule has 1 aromatic rings. The number of Topliss-reactive ketones (excluding diaryl/α,β-unsaturated/α-hetero) is 1. The lowest BCUT2D eigenvalue weighted by Crippen LogP contribution is -1.97. The highest BCUT2D eigenvalue weighted by Crippen LogP contribution is 2.16. The van der Waals surface area contributed by atoms with Gasteiger partial charge in [-0.25, -0.2) is 4.39 Å². The lowest BCUT2D eigenvalue weighted by atomic mass is 10.1. The summed E-state index contributed by atoms with van der Waals surface area (Å²) < 4.78 is 12.7. The molecule has 1 rings (SSSR count). The van der Waals surface area contributed by atoms with E-state index in [1.165, 1.54) is 18.2 Å². The average Bonchev–Trinajstić information content (AvgIpc) is 2.18. The molecule has 14 heavy (non-hydrogen) atoms. The van der Waals surface area contributed by atoms with Crippen LogP contribution >= 0.6 is 11.6 Å². The highest BCUT2D eigenvalue weighted by atomic mass is 35.5. The molecule has 0 aliphatic rings. The number of carbonyl (C=O) groups excluding carboxylic acids is 1. The van der Waals surface area contributed by atoms with Gasteiger partial charge in [0.1, 0.15) is 5.82 Å². The molecule has 0 radical (unpaired) electrons. The fourth-order valence-electron chi connectivity index (χ4n) is 0.940. The van der Waals surface area contributed by atoms with Gasteiger partial charge in [0.25, 0.3) is 0 Å². The zero-order valence-corrected chi connectivity index (χ0v) is 8.36. The van der Waals surface area contributed by atoms with Crippen molar-refractivity contribution in [2.45, 2.75) is 13.3 Å². The van der Waals surface area contributed by atoms with Gasteiger partial charge in [-0.3, -0.25) is 4.79 Å². The molecule has 0 atom stereocenters. The highest BCUT2D eigenvalue weighted by Gasteiger charge is 2.06. The standard InChI is InChI=1S/C11H8ClFO/c1-2-3-4-11(14)8-5-6-10(13)9(12)7-8/h5-7H,4H2,1H3. The summed E-state index contributed by atoms with van der Waals surface area (Å²) in [6.07, 6.45) is 0.137. The minimum absolute atomic E-state index is 0.0414. The number of rotatable bonds is 2. The maximum Gasteiger partial charge on any atom is 0.174 e. The topological polar surface area (TPSA) is 17.1 Å². The maximum atomic E-state index is 12.7. The second-order valence-corrected chi connectivity index (χ2v) is 3.06. The van der Waals surface area contributed by atoms with Crippen molar-refractivity contribution < 1.29 is 9.18 Å². The van der Waals surface area contributed by atoms with Gasteiger partial charge >= 0.3 is 0 Å². The van der Waals surface area contributed by atoms with Crippen molar-refractivity contribution in [3.05, 3.63) is 34.6 Å². The van der Waals surface area contributed by atoms with E-state index in [1.807, 2.05) is 0 Å². The number of carbonyl (C=O) groups is 1.